The van der Waals surface area contributed by atoms with Crippen molar-refractivity contribution >= 4 is 16.9 Å². The van der Waals surface area contributed by atoms with E-state index < -0.39 is 5.41 Å². The minimum absolute atomic E-state index is 0.0332. The summed E-state index contributed by atoms with van der Waals surface area (Å²) in [6.45, 7) is 8.44. The van der Waals surface area contributed by atoms with Gasteiger partial charge in [0.25, 0.3) is 0 Å². The van der Waals surface area contributed by atoms with Crippen molar-refractivity contribution in [3.63, 3.8) is 0 Å². The Morgan fingerprint density at radius 1 is 1.02 bits per heavy atom. The molecule has 4 aliphatic heterocycles. The number of aryl methyl sites for hydroxylation is 1. The van der Waals surface area contributed by atoms with E-state index in [1.54, 1.807) is 0 Å². The van der Waals surface area contributed by atoms with Gasteiger partial charge in [0.15, 0.2) is 11.5 Å². The third kappa shape index (κ3) is 4.67. The summed E-state index contributed by atoms with van der Waals surface area (Å²) >= 11 is 0. The number of imidazole rings is 1. The van der Waals surface area contributed by atoms with Crippen LogP contribution < -0.4 is 9.47 Å². The van der Waals surface area contributed by atoms with Gasteiger partial charge in [0.1, 0.15) is 5.82 Å². The zero-order chi connectivity index (χ0) is 29.1. The van der Waals surface area contributed by atoms with E-state index >= 15 is 0 Å². The van der Waals surface area contributed by atoms with Crippen LogP contribution in [0, 0.1) is 12.3 Å². The number of aliphatic hydroxyl groups excluding tert-OH is 1. The summed E-state index contributed by atoms with van der Waals surface area (Å²) in [6.07, 6.45) is 7.76. The second-order valence-corrected chi connectivity index (χ2v) is 13.7. The van der Waals surface area contributed by atoms with Crippen molar-refractivity contribution in [2.45, 2.75) is 89.3 Å². The van der Waals surface area contributed by atoms with E-state index in [1.165, 1.54) is 36.8 Å². The van der Waals surface area contributed by atoms with Crippen LogP contribution in [-0.2, 0) is 10.2 Å². The minimum atomic E-state index is -0.749. The van der Waals surface area contributed by atoms with E-state index in [9.17, 15) is 9.90 Å². The Bertz CT molecular complexity index is 1460. The predicted molar refractivity (Wildman–Crippen MR) is 162 cm³/mol. The predicted octanol–water partition coefficient (Wildman–Crippen LogP) is 5.21. The molecule has 1 unspecified atom stereocenters. The highest BCUT2D eigenvalue weighted by Gasteiger charge is 2.45. The van der Waals surface area contributed by atoms with Crippen LogP contribution in [0.2, 0.25) is 0 Å². The monoisotopic (exact) mass is 572 g/mol. The van der Waals surface area contributed by atoms with Crippen molar-refractivity contribution in [1.82, 2.24) is 19.4 Å². The highest BCUT2D eigenvalue weighted by molar-refractivity contribution is 5.82. The molecule has 1 aromatic heterocycles. The molecule has 0 spiro atoms. The number of piperidine rings is 2. The molecular formula is C34H44N4O4. The van der Waals surface area contributed by atoms with Crippen molar-refractivity contribution in [2.24, 2.45) is 5.41 Å². The zero-order valence-corrected chi connectivity index (χ0v) is 25.2. The molecular weight excluding hydrogens is 528 g/mol. The Kier molecular flexibility index (Phi) is 6.97. The van der Waals surface area contributed by atoms with Crippen LogP contribution in [0.4, 0.5) is 0 Å². The first-order chi connectivity index (χ1) is 20.3. The van der Waals surface area contributed by atoms with Crippen molar-refractivity contribution in [2.75, 3.05) is 33.0 Å². The third-order valence-electron chi connectivity index (χ3n) is 10.8. The first-order valence-corrected chi connectivity index (χ1v) is 15.8. The number of carbonyl (C=O) groups excluding carboxylic acids is 1. The average Bonchev–Trinajstić information content (AvgIpc) is 3.68. The molecule has 8 nitrogen and oxygen atoms in total. The van der Waals surface area contributed by atoms with Crippen LogP contribution in [0.1, 0.15) is 76.2 Å². The molecule has 3 fully saturated rings. The van der Waals surface area contributed by atoms with Crippen LogP contribution in [-0.4, -0.2) is 75.5 Å². The van der Waals surface area contributed by atoms with E-state index in [2.05, 4.69) is 58.9 Å². The number of hydrogen-bond acceptors (Lipinski definition) is 6. The fraction of sp³-hybridized carbons (Fsp3) is 0.588. The number of fused-ring (bicyclic) bond motifs is 4. The largest absolute Gasteiger partial charge is 0.454 e. The first-order valence-electron chi connectivity index (χ1n) is 15.8. The van der Waals surface area contributed by atoms with E-state index in [0.29, 0.717) is 31.2 Å². The fourth-order valence-corrected chi connectivity index (χ4v) is 8.33. The van der Waals surface area contributed by atoms with Crippen LogP contribution in [0.5, 0.6) is 11.5 Å². The van der Waals surface area contributed by atoms with Gasteiger partial charge in [0, 0.05) is 36.6 Å². The molecule has 3 saturated heterocycles. The maximum absolute atomic E-state index is 13.2. The Morgan fingerprint density at radius 2 is 1.74 bits per heavy atom. The second-order valence-electron chi connectivity index (χ2n) is 13.7. The summed E-state index contributed by atoms with van der Waals surface area (Å²) in [4.78, 5) is 22.8. The van der Waals surface area contributed by atoms with E-state index in [-0.39, 0.29) is 24.7 Å². The lowest BCUT2D eigenvalue weighted by Gasteiger charge is -2.46. The summed E-state index contributed by atoms with van der Waals surface area (Å²) in [5.74, 6) is 2.82. The van der Waals surface area contributed by atoms with E-state index in [0.717, 1.165) is 48.6 Å². The second kappa shape index (κ2) is 10.6. The molecule has 8 heteroatoms. The number of rotatable bonds is 7. The van der Waals surface area contributed by atoms with Gasteiger partial charge in [0.2, 0.25) is 12.7 Å². The number of amides is 1. The number of para-hydroxylation sites is 2. The topological polar surface area (TPSA) is 80.1 Å². The molecule has 2 aromatic carbocycles. The summed E-state index contributed by atoms with van der Waals surface area (Å²) in [6, 6.07) is 16.7. The zero-order valence-electron chi connectivity index (χ0n) is 25.2. The standard InChI is InChI=1S/C34H44N4O4/c1-23-35-28-6-4-5-7-29(28)38(23)27-19-25-9-10-26(20-27)37(25)17-14-34(24-8-11-30-31(18-24)42-22-41-30)12-15-36(16-13-34)32(40)33(2,3)21-39/h4-8,11,18,25-27,39H,9-10,12-17,19-22H2,1-3H3/t25-,26+,27?. The molecule has 3 atom stereocenters. The van der Waals surface area contributed by atoms with Crippen molar-refractivity contribution in [3.8, 4) is 11.5 Å². The van der Waals surface area contributed by atoms with Gasteiger partial charge in [0.05, 0.1) is 23.1 Å². The minimum Gasteiger partial charge on any atom is -0.454 e. The maximum Gasteiger partial charge on any atom is 0.231 e. The number of likely N-dealkylation sites (tertiary alicyclic amines) is 1. The van der Waals surface area contributed by atoms with Crippen LogP contribution >= 0.6 is 0 Å². The fourth-order valence-electron chi connectivity index (χ4n) is 8.33. The number of hydrogen-bond donors (Lipinski definition) is 1. The Labute approximate surface area is 248 Å². The van der Waals surface area contributed by atoms with Gasteiger partial charge in [-0.2, -0.15) is 0 Å². The summed E-state index contributed by atoms with van der Waals surface area (Å²) in [5.41, 5.74) is 2.88. The van der Waals surface area contributed by atoms with Crippen molar-refractivity contribution < 1.29 is 19.4 Å². The first kappa shape index (κ1) is 27.7. The molecule has 2 bridgehead atoms. The molecule has 7 rings (SSSR count). The Balaban J connectivity index is 1.10. The molecule has 1 amide bonds. The average molecular weight is 573 g/mol. The van der Waals surface area contributed by atoms with Crippen LogP contribution in [0.25, 0.3) is 11.0 Å². The normalized spacial score (nSPS) is 25.3. The molecule has 0 saturated carbocycles. The highest BCUT2D eigenvalue weighted by Crippen LogP contribution is 2.47. The third-order valence-corrected chi connectivity index (χ3v) is 10.8. The lowest BCUT2D eigenvalue weighted by atomic mass is 9.69. The molecule has 3 aromatic rings. The van der Waals surface area contributed by atoms with Gasteiger partial charge in [-0.05, 0) is 102 Å². The highest BCUT2D eigenvalue weighted by atomic mass is 16.7. The smallest absolute Gasteiger partial charge is 0.231 e. The van der Waals surface area contributed by atoms with E-state index in [4.69, 9.17) is 14.5 Å². The lowest BCUT2D eigenvalue weighted by Crippen LogP contribution is -2.51. The molecule has 1 N–H and O–H groups in total. The van der Waals surface area contributed by atoms with Gasteiger partial charge < -0.3 is 24.0 Å². The van der Waals surface area contributed by atoms with Crippen molar-refractivity contribution in [3.05, 3.63) is 53.9 Å². The molecule has 224 valence electrons. The number of nitrogens with zero attached hydrogens (tertiary/aromatic N) is 4. The van der Waals surface area contributed by atoms with E-state index in [1.807, 2.05) is 18.7 Å². The lowest BCUT2D eigenvalue weighted by molar-refractivity contribution is -0.144. The van der Waals surface area contributed by atoms with Crippen LogP contribution in [0.3, 0.4) is 0 Å². The summed E-state index contributed by atoms with van der Waals surface area (Å²) < 4.78 is 13.9. The Morgan fingerprint density at radius 3 is 2.48 bits per heavy atom. The number of aliphatic hydroxyl groups is 1. The van der Waals surface area contributed by atoms with Gasteiger partial charge in [-0.25, -0.2) is 4.98 Å². The molecule has 0 aliphatic carbocycles. The molecule has 42 heavy (non-hydrogen) atoms. The van der Waals surface area contributed by atoms with Gasteiger partial charge in [-0.3, -0.25) is 9.69 Å². The summed E-state index contributed by atoms with van der Waals surface area (Å²) in [5, 5.41) is 9.81. The number of carbonyl (C=O) groups is 1. The quantitative estimate of drug-likeness (QED) is 0.419. The van der Waals surface area contributed by atoms with Gasteiger partial charge >= 0.3 is 0 Å². The van der Waals surface area contributed by atoms with Gasteiger partial charge in [-0.1, -0.05) is 18.2 Å². The van der Waals surface area contributed by atoms with Gasteiger partial charge in [-0.15, -0.1) is 0 Å². The number of benzene rings is 2. The molecule has 4 aliphatic rings. The SMILES string of the molecule is Cc1nc2ccccc2n1C1C[C@H]2CC[C@@H](C1)N2CCC1(c2ccc3c(c2)OCO3)CCN(C(=O)C(C)(C)CO)CC1. The summed E-state index contributed by atoms with van der Waals surface area (Å²) in [7, 11) is 0. The Hall–Kier alpha value is -3.10. The van der Waals surface area contributed by atoms with Crippen LogP contribution in [0.15, 0.2) is 42.5 Å². The number of aromatic nitrogens is 2. The van der Waals surface area contributed by atoms with Crippen molar-refractivity contribution in [1.29, 1.82) is 0 Å². The number of ether oxygens (including phenoxy) is 2. The molecule has 0 radical (unpaired) electrons. The molecule has 5 heterocycles. The maximum atomic E-state index is 13.2.